The Balaban J connectivity index is 1.63. The summed E-state index contributed by atoms with van der Waals surface area (Å²) in [5.74, 6) is -1.29. The molecule has 2 aromatic carbocycles. The Morgan fingerprint density at radius 3 is 2.56 bits per heavy atom. The van der Waals surface area contributed by atoms with Crippen molar-refractivity contribution in [3.8, 4) is 11.5 Å². The molecule has 0 bridgehead atoms. The monoisotopic (exact) mass is 587 g/mol. The molecule has 2 heterocycles. The SMILES string of the molecule is CCCc1c(Oc2cc(Cl)ccc2CC(=O)O[C@H](CN2CCCC2)C(N)=O)c(Cl)cc2c(C(F)(F)F)noc12. The number of likely N-dealkylation sites (tertiary alicyclic amines) is 1. The number of ether oxygens (including phenoxy) is 2. The number of nitrogens with two attached hydrogens (primary N) is 1. The van der Waals surface area contributed by atoms with Crippen LogP contribution in [0, 0.1) is 0 Å². The number of primary amides is 1. The lowest BCUT2D eigenvalue weighted by Gasteiger charge is -2.21. The van der Waals surface area contributed by atoms with E-state index >= 15 is 0 Å². The Morgan fingerprint density at radius 1 is 1.21 bits per heavy atom. The summed E-state index contributed by atoms with van der Waals surface area (Å²) in [6, 6.07) is 5.61. The molecule has 3 aromatic rings. The second kappa shape index (κ2) is 12.0. The summed E-state index contributed by atoms with van der Waals surface area (Å²) < 4.78 is 56.8. The normalized spacial score (nSPS) is 15.0. The smallest absolute Gasteiger partial charge is 0.437 e. The molecule has 1 aliphatic rings. The molecule has 8 nitrogen and oxygen atoms in total. The fourth-order valence-corrected chi connectivity index (χ4v) is 4.92. The maximum atomic E-state index is 13.4. The second-order valence-electron chi connectivity index (χ2n) is 9.24. The van der Waals surface area contributed by atoms with Gasteiger partial charge in [0.1, 0.15) is 5.75 Å². The summed E-state index contributed by atoms with van der Waals surface area (Å²) >= 11 is 12.6. The van der Waals surface area contributed by atoms with E-state index in [1.165, 1.54) is 12.1 Å². The average molecular weight is 588 g/mol. The lowest BCUT2D eigenvalue weighted by atomic mass is 10.0. The topological polar surface area (TPSA) is 108 Å². The largest absolute Gasteiger partial charge is 0.455 e. The number of carbonyl (C=O) groups excluding carboxylic acids is 2. The van der Waals surface area contributed by atoms with Gasteiger partial charge in [0.2, 0.25) is 0 Å². The van der Waals surface area contributed by atoms with Crippen LogP contribution in [0.3, 0.4) is 0 Å². The summed E-state index contributed by atoms with van der Waals surface area (Å²) in [5, 5.41) is 3.10. The Labute approximate surface area is 232 Å². The number of rotatable bonds is 10. The first-order valence-corrected chi connectivity index (χ1v) is 13.1. The number of benzene rings is 2. The summed E-state index contributed by atoms with van der Waals surface area (Å²) in [5.41, 5.74) is 4.81. The Bertz CT molecular complexity index is 1370. The maximum Gasteiger partial charge on any atom is 0.437 e. The van der Waals surface area contributed by atoms with Crippen molar-refractivity contribution >= 4 is 46.0 Å². The van der Waals surface area contributed by atoms with Gasteiger partial charge in [-0.05, 0) is 50.6 Å². The quantitative estimate of drug-likeness (QED) is 0.293. The summed E-state index contributed by atoms with van der Waals surface area (Å²) in [6.07, 6.45) is -3.36. The van der Waals surface area contributed by atoms with Crippen molar-refractivity contribution < 1.29 is 36.8 Å². The van der Waals surface area contributed by atoms with Gasteiger partial charge in [-0.2, -0.15) is 13.2 Å². The molecule has 210 valence electrons. The lowest BCUT2D eigenvalue weighted by Crippen LogP contribution is -2.42. The number of halogens is 5. The molecule has 0 saturated carbocycles. The molecule has 13 heteroatoms. The van der Waals surface area contributed by atoms with Crippen LogP contribution in [0.25, 0.3) is 11.0 Å². The molecule has 0 aliphatic carbocycles. The highest BCUT2D eigenvalue weighted by Gasteiger charge is 2.38. The number of amides is 1. The minimum atomic E-state index is -4.74. The zero-order valence-corrected chi connectivity index (χ0v) is 22.5. The van der Waals surface area contributed by atoms with Crippen molar-refractivity contribution in [2.75, 3.05) is 19.6 Å². The van der Waals surface area contributed by atoms with Gasteiger partial charge >= 0.3 is 12.1 Å². The number of hydrogen-bond acceptors (Lipinski definition) is 7. The minimum Gasteiger partial charge on any atom is -0.455 e. The molecule has 1 aromatic heterocycles. The van der Waals surface area contributed by atoms with Crippen LogP contribution in [0.4, 0.5) is 13.2 Å². The van der Waals surface area contributed by atoms with Crippen molar-refractivity contribution in [1.82, 2.24) is 10.1 Å². The molecular weight excluding hydrogens is 562 g/mol. The molecule has 2 N–H and O–H groups in total. The van der Waals surface area contributed by atoms with Crippen LogP contribution in [0.2, 0.25) is 10.0 Å². The van der Waals surface area contributed by atoms with E-state index in [0.717, 1.165) is 32.0 Å². The molecule has 0 unspecified atom stereocenters. The number of fused-ring (bicyclic) bond motifs is 1. The van der Waals surface area contributed by atoms with Crippen molar-refractivity contribution in [1.29, 1.82) is 0 Å². The first kappa shape index (κ1) is 29.0. The van der Waals surface area contributed by atoms with Crippen LogP contribution in [0.5, 0.6) is 11.5 Å². The number of hydrogen-bond donors (Lipinski definition) is 1. The zero-order chi connectivity index (χ0) is 28.3. The Kier molecular flexibility index (Phi) is 8.93. The van der Waals surface area contributed by atoms with Crippen LogP contribution >= 0.6 is 23.2 Å². The van der Waals surface area contributed by atoms with Gasteiger partial charge in [0.15, 0.2) is 23.1 Å². The van der Waals surface area contributed by atoms with Gasteiger partial charge in [-0.1, -0.05) is 47.8 Å². The predicted molar refractivity (Wildman–Crippen MR) is 138 cm³/mol. The fraction of sp³-hybridized carbons (Fsp3) is 0.423. The average Bonchev–Trinajstić information content (AvgIpc) is 3.52. The van der Waals surface area contributed by atoms with Crippen LogP contribution in [-0.2, 0) is 33.3 Å². The van der Waals surface area contributed by atoms with Crippen LogP contribution in [0.1, 0.15) is 43.0 Å². The van der Waals surface area contributed by atoms with E-state index in [9.17, 15) is 22.8 Å². The van der Waals surface area contributed by atoms with Gasteiger partial charge in [-0.15, -0.1) is 0 Å². The first-order valence-electron chi connectivity index (χ1n) is 12.3. The highest BCUT2D eigenvalue weighted by atomic mass is 35.5. The third-order valence-electron chi connectivity index (χ3n) is 6.32. The van der Waals surface area contributed by atoms with E-state index < -0.39 is 29.9 Å². The molecular formula is C26H26Cl2F3N3O5. The summed E-state index contributed by atoms with van der Waals surface area (Å²) in [4.78, 5) is 26.7. The number of alkyl halides is 3. The van der Waals surface area contributed by atoms with Crippen molar-refractivity contribution in [2.45, 2.75) is 51.3 Å². The molecule has 1 amide bonds. The molecule has 0 radical (unpaired) electrons. The van der Waals surface area contributed by atoms with Crippen molar-refractivity contribution in [3.63, 3.8) is 0 Å². The molecule has 1 atom stereocenters. The van der Waals surface area contributed by atoms with Gasteiger partial charge in [-0.25, -0.2) is 0 Å². The molecule has 1 aliphatic heterocycles. The fourth-order valence-electron chi connectivity index (χ4n) is 4.50. The predicted octanol–water partition coefficient (Wildman–Crippen LogP) is 5.93. The third kappa shape index (κ3) is 6.77. The summed E-state index contributed by atoms with van der Waals surface area (Å²) in [6.45, 7) is 3.61. The number of esters is 1. The molecule has 4 rings (SSSR count). The van der Waals surface area contributed by atoms with Crippen LogP contribution in [-0.4, -0.2) is 47.7 Å². The Hall–Kier alpha value is -3.02. The Morgan fingerprint density at radius 2 is 1.92 bits per heavy atom. The third-order valence-corrected chi connectivity index (χ3v) is 6.84. The number of aryl methyl sites for hydroxylation is 1. The molecule has 1 fully saturated rings. The lowest BCUT2D eigenvalue weighted by molar-refractivity contribution is -0.155. The number of nitrogens with zero attached hydrogens (tertiary/aromatic N) is 2. The molecule has 1 saturated heterocycles. The number of aromatic nitrogens is 1. The van der Waals surface area contributed by atoms with Gasteiger partial charge in [0.05, 0.1) is 16.8 Å². The molecule has 0 spiro atoms. The van der Waals surface area contributed by atoms with Gasteiger partial charge < -0.3 is 19.7 Å². The number of carbonyl (C=O) groups is 2. The standard InChI is InChI=1S/C26H26Cl2F3N3O5/c1-2-5-16-22-17(24(33-39-22)26(29,30)31)12-18(28)23(16)38-19-11-15(27)7-6-14(19)10-21(35)37-20(25(32)36)13-34-8-3-4-9-34/h6-7,11-12,20H,2-5,8-10,13H2,1H3,(H2,32,36)/t20-/m1/s1. The zero-order valence-electron chi connectivity index (χ0n) is 20.9. The summed E-state index contributed by atoms with van der Waals surface area (Å²) in [7, 11) is 0. The highest BCUT2D eigenvalue weighted by Crippen LogP contribution is 2.44. The van der Waals surface area contributed by atoms with Crippen molar-refractivity contribution in [2.24, 2.45) is 5.73 Å². The van der Waals surface area contributed by atoms with Gasteiger partial charge in [0.25, 0.3) is 5.91 Å². The second-order valence-corrected chi connectivity index (χ2v) is 10.1. The first-order chi connectivity index (χ1) is 18.5. The van der Waals surface area contributed by atoms with E-state index in [1.54, 1.807) is 6.07 Å². The van der Waals surface area contributed by atoms with Crippen LogP contribution in [0.15, 0.2) is 28.8 Å². The van der Waals surface area contributed by atoms with Crippen molar-refractivity contribution in [3.05, 3.63) is 51.1 Å². The highest BCUT2D eigenvalue weighted by molar-refractivity contribution is 6.33. The maximum absolute atomic E-state index is 13.4. The minimum absolute atomic E-state index is 0.0526. The van der Waals surface area contributed by atoms with Crippen LogP contribution < -0.4 is 10.5 Å². The van der Waals surface area contributed by atoms with E-state index in [1.807, 2.05) is 11.8 Å². The van der Waals surface area contributed by atoms with E-state index in [2.05, 4.69) is 5.16 Å². The van der Waals surface area contributed by atoms with Gasteiger partial charge in [0, 0.05) is 22.7 Å². The van der Waals surface area contributed by atoms with E-state index in [0.29, 0.717) is 12.0 Å². The van der Waals surface area contributed by atoms with Gasteiger partial charge in [-0.3, -0.25) is 14.5 Å². The van der Waals surface area contributed by atoms with E-state index in [4.69, 9.17) is 42.9 Å². The molecule has 39 heavy (non-hydrogen) atoms. The van der Waals surface area contributed by atoms with E-state index in [-0.39, 0.29) is 57.5 Å².